The van der Waals surface area contributed by atoms with Crippen molar-refractivity contribution in [2.24, 2.45) is 16.7 Å². The van der Waals surface area contributed by atoms with Crippen LogP contribution in [0.15, 0.2) is 12.1 Å². The highest BCUT2D eigenvalue weighted by Gasteiger charge is 2.67. The van der Waals surface area contributed by atoms with E-state index in [2.05, 4.69) is 59.0 Å². The molecule has 1 fully saturated rings. The summed E-state index contributed by atoms with van der Waals surface area (Å²) in [6.07, 6.45) is 0. The quantitative estimate of drug-likeness (QED) is 0.837. The van der Waals surface area contributed by atoms with Gasteiger partial charge in [0.15, 0.2) is 0 Å². The lowest BCUT2D eigenvalue weighted by Gasteiger charge is -2.18. The van der Waals surface area contributed by atoms with Gasteiger partial charge >= 0.3 is 0 Å². The van der Waals surface area contributed by atoms with Gasteiger partial charge in [0, 0.05) is 15.8 Å². The zero-order chi connectivity index (χ0) is 12.8. The van der Waals surface area contributed by atoms with E-state index < -0.39 is 0 Å². The molecule has 1 heterocycles. The van der Waals surface area contributed by atoms with Crippen molar-refractivity contribution in [3.05, 3.63) is 21.9 Å². The van der Waals surface area contributed by atoms with Crippen LogP contribution in [0.3, 0.4) is 0 Å². The van der Waals surface area contributed by atoms with Gasteiger partial charge in [-0.05, 0) is 42.3 Å². The molecule has 17 heavy (non-hydrogen) atoms. The molecule has 1 aliphatic carbocycles. The van der Waals surface area contributed by atoms with Gasteiger partial charge in [-0.15, -0.1) is 11.3 Å². The van der Waals surface area contributed by atoms with Crippen LogP contribution < -0.4 is 5.32 Å². The van der Waals surface area contributed by atoms with Crippen LogP contribution in [-0.2, 0) is 0 Å². The van der Waals surface area contributed by atoms with Crippen molar-refractivity contribution in [1.82, 2.24) is 5.32 Å². The van der Waals surface area contributed by atoms with E-state index in [1.54, 1.807) is 0 Å². The van der Waals surface area contributed by atoms with Crippen molar-refractivity contribution >= 4 is 11.3 Å². The second-order valence-electron chi connectivity index (χ2n) is 6.40. The van der Waals surface area contributed by atoms with Gasteiger partial charge in [-0.1, -0.05) is 34.6 Å². The largest absolute Gasteiger partial charge is 0.309 e. The molecular formula is C15H25NS. The molecule has 0 amide bonds. The number of nitrogens with one attached hydrogen (secondary N) is 1. The van der Waals surface area contributed by atoms with Crippen LogP contribution in [0.25, 0.3) is 0 Å². The van der Waals surface area contributed by atoms with Gasteiger partial charge in [-0.3, -0.25) is 0 Å². The van der Waals surface area contributed by atoms with Crippen LogP contribution in [0.4, 0.5) is 0 Å². The smallest absolute Gasteiger partial charge is 0.0454 e. The van der Waals surface area contributed by atoms with Crippen LogP contribution >= 0.6 is 11.3 Å². The first-order valence-electron chi connectivity index (χ1n) is 6.62. The molecule has 0 bridgehead atoms. The lowest BCUT2D eigenvalue weighted by molar-refractivity contribution is 0.424. The molecule has 1 unspecified atom stereocenters. The lowest BCUT2D eigenvalue weighted by Crippen LogP contribution is -2.24. The minimum Gasteiger partial charge on any atom is -0.309 e. The maximum absolute atomic E-state index is 3.70. The Morgan fingerprint density at radius 1 is 1.24 bits per heavy atom. The summed E-state index contributed by atoms with van der Waals surface area (Å²) in [4.78, 5) is 2.92. The zero-order valence-electron chi connectivity index (χ0n) is 11.9. The molecule has 1 nitrogen and oxygen atoms in total. The molecule has 1 saturated carbocycles. The van der Waals surface area contributed by atoms with Crippen LogP contribution in [0.1, 0.15) is 50.4 Å². The van der Waals surface area contributed by atoms with E-state index in [0.717, 1.165) is 12.5 Å². The van der Waals surface area contributed by atoms with Crippen molar-refractivity contribution in [1.29, 1.82) is 0 Å². The summed E-state index contributed by atoms with van der Waals surface area (Å²) in [6.45, 7) is 15.1. The predicted octanol–water partition coefficient (Wildman–Crippen LogP) is 4.39. The van der Waals surface area contributed by atoms with Crippen molar-refractivity contribution in [2.45, 2.75) is 47.6 Å². The van der Waals surface area contributed by atoms with E-state index in [4.69, 9.17) is 0 Å². The number of aryl methyl sites for hydroxylation is 1. The molecule has 1 aliphatic rings. The Morgan fingerprint density at radius 3 is 2.18 bits per heavy atom. The Kier molecular flexibility index (Phi) is 3.16. The van der Waals surface area contributed by atoms with E-state index in [-0.39, 0.29) is 0 Å². The van der Waals surface area contributed by atoms with Crippen LogP contribution in [0, 0.1) is 23.7 Å². The number of hydrogen-bond acceptors (Lipinski definition) is 2. The van der Waals surface area contributed by atoms with Gasteiger partial charge in [0.05, 0.1) is 0 Å². The second kappa shape index (κ2) is 4.10. The molecule has 0 spiro atoms. The Balaban J connectivity index is 2.26. The maximum atomic E-state index is 3.70. The topological polar surface area (TPSA) is 12.0 Å². The third kappa shape index (κ3) is 1.96. The maximum Gasteiger partial charge on any atom is 0.0454 e. The van der Waals surface area contributed by atoms with Gasteiger partial charge in [0.25, 0.3) is 0 Å². The summed E-state index contributed by atoms with van der Waals surface area (Å²) in [7, 11) is 0. The lowest BCUT2D eigenvalue weighted by atomic mass is 10.0. The van der Waals surface area contributed by atoms with Gasteiger partial charge < -0.3 is 5.32 Å². The first-order valence-corrected chi connectivity index (χ1v) is 7.43. The fraction of sp³-hybridized carbons (Fsp3) is 0.733. The van der Waals surface area contributed by atoms with E-state index in [9.17, 15) is 0 Å². The van der Waals surface area contributed by atoms with Gasteiger partial charge in [-0.2, -0.15) is 0 Å². The zero-order valence-corrected chi connectivity index (χ0v) is 12.7. The molecule has 1 aromatic rings. The van der Waals surface area contributed by atoms with E-state index >= 15 is 0 Å². The SMILES string of the molecule is CCNC(c1ccc(C)s1)C1C(C)(C)C1(C)C. The normalized spacial score (nSPS) is 23.6. The van der Waals surface area contributed by atoms with Gasteiger partial charge in [0.1, 0.15) is 0 Å². The summed E-state index contributed by atoms with van der Waals surface area (Å²) >= 11 is 1.94. The standard InChI is InChI=1S/C15H25NS/c1-7-16-12(11-9-8-10(2)17-11)13-14(3,4)15(13,5)6/h8-9,12-13,16H,7H2,1-6H3. The minimum atomic E-state index is 0.442. The molecule has 2 rings (SSSR count). The fourth-order valence-corrected chi connectivity index (χ4v) is 4.29. The van der Waals surface area contributed by atoms with Crippen molar-refractivity contribution in [2.75, 3.05) is 6.54 Å². The molecule has 0 saturated heterocycles. The fourth-order valence-electron chi connectivity index (χ4n) is 3.30. The van der Waals surface area contributed by atoms with E-state index in [1.165, 1.54) is 9.75 Å². The average Bonchev–Trinajstić information content (AvgIpc) is 2.56. The highest BCUT2D eigenvalue weighted by molar-refractivity contribution is 7.12. The van der Waals surface area contributed by atoms with Crippen molar-refractivity contribution < 1.29 is 0 Å². The second-order valence-corrected chi connectivity index (χ2v) is 7.72. The van der Waals surface area contributed by atoms with Gasteiger partial charge in [-0.25, -0.2) is 0 Å². The van der Waals surface area contributed by atoms with Crippen LogP contribution in [0.2, 0.25) is 0 Å². The Bertz CT molecular complexity index is 389. The highest BCUT2D eigenvalue weighted by Crippen LogP contribution is 2.72. The number of rotatable bonds is 4. The third-order valence-electron chi connectivity index (χ3n) is 4.96. The predicted molar refractivity (Wildman–Crippen MR) is 76.5 cm³/mol. The number of hydrogen-bond donors (Lipinski definition) is 1. The van der Waals surface area contributed by atoms with Crippen molar-refractivity contribution in [3.8, 4) is 0 Å². The third-order valence-corrected chi connectivity index (χ3v) is 6.04. The summed E-state index contributed by atoms with van der Waals surface area (Å²) < 4.78 is 0. The molecule has 0 aliphatic heterocycles. The molecule has 2 heteroatoms. The molecule has 1 N–H and O–H groups in total. The van der Waals surface area contributed by atoms with Crippen LogP contribution in [0.5, 0.6) is 0 Å². The minimum absolute atomic E-state index is 0.442. The summed E-state index contributed by atoms with van der Waals surface area (Å²) in [5.74, 6) is 0.744. The molecule has 0 radical (unpaired) electrons. The Labute approximate surface area is 110 Å². The molecule has 0 aromatic carbocycles. The van der Waals surface area contributed by atoms with E-state index in [1.807, 2.05) is 11.3 Å². The molecule has 96 valence electrons. The van der Waals surface area contributed by atoms with Gasteiger partial charge in [0.2, 0.25) is 0 Å². The van der Waals surface area contributed by atoms with Crippen molar-refractivity contribution in [3.63, 3.8) is 0 Å². The summed E-state index contributed by atoms with van der Waals surface area (Å²) in [5, 5.41) is 3.70. The van der Waals surface area contributed by atoms with E-state index in [0.29, 0.717) is 16.9 Å². The number of thiophene rings is 1. The molecular weight excluding hydrogens is 226 g/mol. The first-order chi connectivity index (χ1) is 7.82. The highest BCUT2D eigenvalue weighted by atomic mass is 32.1. The summed E-state index contributed by atoms with van der Waals surface area (Å²) in [5.41, 5.74) is 0.884. The monoisotopic (exact) mass is 251 g/mol. The van der Waals surface area contributed by atoms with Crippen LogP contribution in [-0.4, -0.2) is 6.54 Å². The molecule has 1 aromatic heterocycles. The Morgan fingerprint density at radius 2 is 1.82 bits per heavy atom. The average molecular weight is 251 g/mol. The Hall–Kier alpha value is -0.340. The molecule has 1 atom stereocenters. The summed E-state index contributed by atoms with van der Waals surface area (Å²) in [6, 6.07) is 5.08. The first kappa shape index (κ1) is 13.1.